The molecule has 5 rings (SSSR count). The number of carbonyl (C=O) groups is 3. The Kier molecular flexibility index (Phi) is 6.95. The highest BCUT2D eigenvalue weighted by Gasteiger charge is 2.28. The molecule has 2 aromatic carbocycles. The van der Waals surface area contributed by atoms with Crippen LogP contribution in [0.1, 0.15) is 44.1 Å². The van der Waals surface area contributed by atoms with E-state index in [1.165, 1.54) is 6.26 Å². The Balaban J connectivity index is 1.35. The van der Waals surface area contributed by atoms with Crippen LogP contribution in [0.15, 0.2) is 65.3 Å². The average Bonchev–Trinajstić information content (AvgIpc) is 3.63. The van der Waals surface area contributed by atoms with Crippen LogP contribution in [-0.2, 0) is 0 Å². The number of nitrogens with zero attached hydrogens (tertiary/aromatic N) is 3. The standard InChI is InChI=1S/C27H27ClN4O4/c28-20-7-5-19(6-8-20)25(33)29-21-9-10-23(22(18-21)26(34)31-11-1-2-12-31)30-13-15-32(16-14-30)27(35)24-4-3-17-36-24/h3-10,17-18H,1-2,11-16H2,(H,29,33). The second-order valence-electron chi connectivity index (χ2n) is 8.95. The summed E-state index contributed by atoms with van der Waals surface area (Å²) < 4.78 is 5.25. The molecule has 36 heavy (non-hydrogen) atoms. The van der Waals surface area contributed by atoms with E-state index in [9.17, 15) is 14.4 Å². The van der Waals surface area contributed by atoms with Crippen LogP contribution in [0.5, 0.6) is 0 Å². The number of carbonyl (C=O) groups excluding carboxylic acids is 3. The maximum Gasteiger partial charge on any atom is 0.289 e. The van der Waals surface area contributed by atoms with Crippen LogP contribution in [0.2, 0.25) is 5.02 Å². The van der Waals surface area contributed by atoms with Gasteiger partial charge >= 0.3 is 0 Å². The van der Waals surface area contributed by atoms with Gasteiger partial charge in [-0.2, -0.15) is 0 Å². The lowest BCUT2D eigenvalue weighted by Crippen LogP contribution is -2.49. The fourth-order valence-electron chi connectivity index (χ4n) is 4.66. The van der Waals surface area contributed by atoms with E-state index < -0.39 is 0 Å². The minimum atomic E-state index is -0.274. The highest BCUT2D eigenvalue weighted by Crippen LogP contribution is 2.29. The van der Waals surface area contributed by atoms with Crippen LogP contribution in [0.3, 0.4) is 0 Å². The molecule has 0 aliphatic carbocycles. The van der Waals surface area contributed by atoms with Gasteiger partial charge in [-0.15, -0.1) is 0 Å². The highest BCUT2D eigenvalue weighted by atomic mass is 35.5. The topological polar surface area (TPSA) is 86.1 Å². The first-order valence-electron chi connectivity index (χ1n) is 12.1. The molecule has 1 aromatic heterocycles. The predicted molar refractivity (Wildman–Crippen MR) is 138 cm³/mol. The molecule has 1 N–H and O–H groups in total. The monoisotopic (exact) mass is 506 g/mol. The second-order valence-corrected chi connectivity index (χ2v) is 9.39. The van der Waals surface area contributed by atoms with Crippen molar-refractivity contribution in [2.75, 3.05) is 49.5 Å². The minimum absolute atomic E-state index is 0.0424. The van der Waals surface area contributed by atoms with Crippen LogP contribution in [0, 0.1) is 0 Å². The smallest absolute Gasteiger partial charge is 0.289 e. The molecule has 0 saturated carbocycles. The molecular weight excluding hydrogens is 480 g/mol. The number of halogens is 1. The molecule has 0 spiro atoms. The van der Waals surface area contributed by atoms with Crippen molar-refractivity contribution in [1.82, 2.24) is 9.80 Å². The third-order valence-electron chi connectivity index (χ3n) is 6.62. The van der Waals surface area contributed by atoms with Gasteiger partial charge in [-0.1, -0.05) is 11.6 Å². The van der Waals surface area contributed by atoms with Gasteiger partial charge in [-0.25, -0.2) is 0 Å². The summed E-state index contributed by atoms with van der Waals surface area (Å²) in [7, 11) is 0. The molecule has 0 bridgehead atoms. The van der Waals surface area contributed by atoms with E-state index in [2.05, 4.69) is 10.2 Å². The lowest BCUT2D eigenvalue weighted by Gasteiger charge is -2.37. The highest BCUT2D eigenvalue weighted by molar-refractivity contribution is 6.30. The molecule has 2 saturated heterocycles. The van der Waals surface area contributed by atoms with Crippen molar-refractivity contribution in [2.24, 2.45) is 0 Å². The van der Waals surface area contributed by atoms with Crippen molar-refractivity contribution in [3.8, 4) is 0 Å². The van der Waals surface area contributed by atoms with Crippen LogP contribution >= 0.6 is 11.6 Å². The first kappa shape index (κ1) is 23.9. The number of anilines is 2. The lowest BCUT2D eigenvalue weighted by atomic mass is 10.1. The summed E-state index contributed by atoms with van der Waals surface area (Å²) in [5, 5.41) is 3.45. The molecule has 3 amide bonds. The Morgan fingerprint density at radius 2 is 1.50 bits per heavy atom. The Hall–Kier alpha value is -3.78. The Morgan fingerprint density at radius 1 is 0.806 bits per heavy atom. The van der Waals surface area contributed by atoms with E-state index in [4.69, 9.17) is 16.0 Å². The summed E-state index contributed by atoms with van der Waals surface area (Å²) in [6.45, 7) is 3.67. The number of amides is 3. The molecule has 0 unspecified atom stereocenters. The number of hydrogen-bond acceptors (Lipinski definition) is 5. The molecule has 3 aromatic rings. The van der Waals surface area contributed by atoms with Gasteiger partial charge in [0.2, 0.25) is 0 Å². The Bertz CT molecular complexity index is 1250. The molecule has 2 aliphatic rings. The molecule has 0 atom stereocenters. The fourth-order valence-corrected chi connectivity index (χ4v) is 4.79. The molecule has 2 fully saturated rings. The van der Waals surface area contributed by atoms with Gasteiger partial charge in [0.05, 0.1) is 11.8 Å². The van der Waals surface area contributed by atoms with Gasteiger partial charge in [0, 0.05) is 61.2 Å². The number of benzene rings is 2. The molecule has 0 radical (unpaired) electrons. The number of rotatable bonds is 5. The van der Waals surface area contributed by atoms with Crippen molar-refractivity contribution in [2.45, 2.75) is 12.8 Å². The average molecular weight is 507 g/mol. The zero-order valence-corrected chi connectivity index (χ0v) is 20.5. The number of furan rings is 1. The first-order valence-corrected chi connectivity index (χ1v) is 12.5. The summed E-state index contributed by atoms with van der Waals surface area (Å²) in [6, 6.07) is 15.5. The second kappa shape index (κ2) is 10.5. The quantitative estimate of drug-likeness (QED) is 0.555. The fraction of sp³-hybridized carbons (Fsp3) is 0.296. The van der Waals surface area contributed by atoms with Crippen molar-refractivity contribution in [3.63, 3.8) is 0 Å². The zero-order valence-electron chi connectivity index (χ0n) is 19.8. The minimum Gasteiger partial charge on any atom is -0.459 e. The van der Waals surface area contributed by atoms with Crippen LogP contribution in [0.25, 0.3) is 0 Å². The Labute approximate surface area is 214 Å². The molecule has 8 nitrogen and oxygen atoms in total. The van der Waals surface area contributed by atoms with Crippen LogP contribution in [0.4, 0.5) is 11.4 Å². The predicted octanol–water partition coefficient (Wildman–Crippen LogP) is 4.38. The van der Waals surface area contributed by atoms with E-state index in [1.54, 1.807) is 47.4 Å². The number of likely N-dealkylation sites (tertiary alicyclic amines) is 1. The van der Waals surface area contributed by atoms with Gasteiger partial charge in [0.25, 0.3) is 17.7 Å². The Morgan fingerprint density at radius 3 is 2.17 bits per heavy atom. The summed E-state index contributed by atoms with van der Waals surface area (Å²) in [6.07, 6.45) is 3.47. The van der Waals surface area contributed by atoms with Gasteiger partial charge in [0.1, 0.15) is 0 Å². The van der Waals surface area contributed by atoms with E-state index in [0.717, 1.165) is 31.6 Å². The molecule has 186 valence electrons. The summed E-state index contributed by atoms with van der Waals surface area (Å²) in [5.74, 6) is -0.120. The van der Waals surface area contributed by atoms with E-state index >= 15 is 0 Å². The summed E-state index contributed by atoms with van der Waals surface area (Å²) >= 11 is 5.93. The number of nitrogens with one attached hydrogen (secondary N) is 1. The maximum absolute atomic E-state index is 13.5. The van der Waals surface area contributed by atoms with E-state index in [0.29, 0.717) is 53.8 Å². The van der Waals surface area contributed by atoms with E-state index in [-0.39, 0.29) is 17.7 Å². The first-order chi connectivity index (χ1) is 17.5. The molecule has 3 heterocycles. The summed E-state index contributed by atoms with van der Waals surface area (Å²) in [5.41, 5.74) is 2.39. The number of hydrogen-bond donors (Lipinski definition) is 1. The third kappa shape index (κ3) is 5.09. The van der Waals surface area contributed by atoms with Crippen molar-refractivity contribution in [3.05, 3.63) is 82.8 Å². The van der Waals surface area contributed by atoms with Crippen LogP contribution < -0.4 is 10.2 Å². The zero-order chi connectivity index (χ0) is 25.1. The molecule has 2 aliphatic heterocycles. The van der Waals surface area contributed by atoms with Gasteiger partial charge in [-0.05, 0) is 67.4 Å². The molecule has 9 heteroatoms. The lowest BCUT2D eigenvalue weighted by molar-refractivity contribution is 0.0712. The van der Waals surface area contributed by atoms with Crippen molar-refractivity contribution in [1.29, 1.82) is 0 Å². The summed E-state index contributed by atoms with van der Waals surface area (Å²) in [4.78, 5) is 44.6. The van der Waals surface area contributed by atoms with Gasteiger partial charge < -0.3 is 24.4 Å². The van der Waals surface area contributed by atoms with E-state index in [1.807, 2.05) is 17.0 Å². The largest absolute Gasteiger partial charge is 0.459 e. The normalized spacial score (nSPS) is 15.8. The van der Waals surface area contributed by atoms with Crippen molar-refractivity contribution < 1.29 is 18.8 Å². The third-order valence-corrected chi connectivity index (χ3v) is 6.88. The SMILES string of the molecule is O=C(Nc1ccc(N2CCN(C(=O)c3ccco3)CC2)c(C(=O)N2CCCC2)c1)c1ccc(Cl)cc1. The number of piperazine rings is 1. The molecular formula is C27H27ClN4O4. The van der Waals surface area contributed by atoms with Crippen molar-refractivity contribution >= 4 is 40.7 Å². The maximum atomic E-state index is 13.5. The van der Waals surface area contributed by atoms with Gasteiger partial charge in [0.15, 0.2) is 5.76 Å². The van der Waals surface area contributed by atoms with Crippen LogP contribution in [-0.4, -0.2) is 66.8 Å². The van der Waals surface area contributed by atoms with Gasteiger partial charge in [-0.3, -0.25) is 14.4 Å².